The minimum absolute atomic E-state index is 0.142. The first-order chi connectivity index (χ1) is 19.2. The third-order valence-electron chi connectivity index (χ3n) is 6.78. The summed E-state index contributed by atoms with van der Waals surface area (Å²) in [6, 6.07) is 12.8. The number of rotatable bonds is 8. The second kappa shape index (κ2) is 11.6. The number of carbonyl (C=O) groups is 2. The number of aryl methyl sites for hydroxylation is 1. The van der Waals surface area contributed by atoms with Crippen LogP contribution in [0, 0.1) is 0 Å². The van der Waals surface area contributed by atoms with Gasteiger partial charge in [0.05, 0.1) is 11.8 Å². The van der Waals surface area contributed by atoms with E-state index in [0.29, 0.717) is 31.9 Å². The van der Waals surface area contributed by atoms with Crippen molar-refractivity contribution in [2.45, 2.75) is 12.5 Å². The summed E-state index contributed by atoms with van der Waals surface area (Å²) in [6.45, 7) is 2.24. The number of nitrogen functional groups attached to an aromatic ring is 1. The van der Waals surface area contributed by atoms with E-state index < -0.39 is 6.09 Å². The van der Waals surface area contributed by atoms with Gasteiger partial charge in [0.15, 0.2) is 0 Å². The van der Waals surface area contributed by atoms with Crippen LogP contribution in [0.15, 0.2) is 61.1 Å². The second-order valence-corrected chi connectivity index (χ2v) is 10.2. The van der Waals surface area contributed by atoms with Gasteiger partial charge in [-0.2, -0.15) is 5.10 Å². The SMILES string of the molecule is CN(C)CCOc1ccc2cc(OC(=O)N3CC[C@@H](NC(=O)c4cc(-c5cnn(C)c5)cnc4N)C3)ccc2c1. The quantitative estimate of drug-likeness (QED) is 0.347. The van der Waals surface area contributed by atoms with Crippen molar-refractivity contribution in [3.05, 3.63) is 66.6 Å². The topological polar surface area (TPSA) is 128 Å². The van der Waals surface area contributed by atoms with E-state index in [4.69, 9.17) is 15.2 Å². The minimum Gasteiger partial charge on any atom is -0.492 e. The smallest absolute Gasteiger partial charge is 0.415 e. The van der Waals surface area contributed by atoms with Crippen LogP contribution in [0.4, 0.5) is 10.6 Å². The van der Waals surface area contributed by atoms with Crippen molar-refractivity contribution in [1.82, 2.24) is 29.9 Å². The number of hydrogen-bond donors (Lipinski definition) is 2. The molecule has 40 heavy (non-hydrogen) atoms. The van der Waals surface area contributed by atoms with Crippen LogP contribution >= 0.6 is 0 Å². The summed E-state index contributed by atoms with van der Waals surface area (Å²) in [5.74, 6) is 1.06. The number of nitrogens with one attached hydrogen (secondary N) is 1. The van der Waals surface area contributed by atoms with Gasteiger partial charge in [0.1, 0.15) is 23.9 Å². The molecular formula is C29H33N7O4. The Balaban J connectivity index is 1.17. The zero-order chi connectivity index (χ0) is 28.2. The first-order valence-corrected chi connectivity index (χ1v) is 13.1. The lowest BCUT2D eigenvalue weighted by Crippen LogP contribution is -2.39. The normalized spacial score (nSPS) is 15.0. The van der Waals surface area contributed by atoms with Crippen LogP contribution in [0.1, 0.15) is 16.8 Å². The van der Waals surface area contributed by atoms with E-state index in [1.54, 1.807) is 34.1 Å². The van der Waals surface area contributed by atoms with Crippen LogP contribution in [0.5, 0.6) is 11.5 Å². The van der Waals surface area contributed by atoms with Crippen molar-refractivity contribution in [2.75, 3.05) is 46.1 Å². The summed E-state index contributed by atoms with van der Waals surface area (Å²) < 4.78 is 13.1. The number of aromatic nitrogens is 3. The molecule has 1 aliphatic rings. The Morgan fingerprint density at radius 2 is 1.82 bits per heavy atom. The Morgan fingerprint density at radius 1 is 1.07 bits per heavy atom. The van der Waals surface area contributed by atoms with E-state index >= 15 is 0 Å². The zero-order valence-corrected chi connectivity index (χ0v) is 22.8. The van der Waals surface area contributed by atoms with Crippen LogP contribution < -0.4 is 20.5 Å². The third-order valence-corrected chi connectivity index (χ3v) is 6.78. The summed E-state index contributed by atoms with van der Waals surface area (Å²) in [4.78, 5) is 33.7. The van der Waals surface area contributed by atoms with Gasteiger partial charge in [0.2, 0.25) is 0 Å². The Kier molecular flexibility index (Phi) is 7.83. The molecular weight excluding hydrogens is 510 g/mol. The van der Waals surface area contributed by atoms with Crippen LogP contribution in [0.25, 0.3) is 21.9 Å². The first-order valence-electron chi connectivity index (χ1n) is 13.1. The fourth-order valence-electron chi connectivity index (χ4n) is 4.56. The van der Waals surface area contributed by atoms with Gasteiger partial charge in [-0.1, -0.05) is 12.1 Å². The highest BCUT2D eigenvalue weighted by atomic mass is 16.6. The monoisotopic (exact) mass is 543 g/mol. The van der Waals surface area contributed by atoms with Gasteiger partial charge < -0.3 is 30.3 Å². The van der Waals surface area contributed by atoms with Gasteiger partial charge in [-0.3, -0.25) is 9.48 Å². The van der Waals surface area contributed by atoms with Gasteiger partial charge >= 0.3 is 6.09 Å². The molecule has 3 heterocycles. The van der Waals surface area contributed by atoms with Crippen molar-refractivity contribution < 1.29 is 19.1 Å². The molecule has 208 valence electrons. The Labute approximate surface area is 232 Å². The molecule has 1 saturated heterocycles. The average molecular weight is 544 g/mol. The molecule has 1 aliphatic heterocycles. The molecule has 0 saturated carbocycles. The van der Waals surface area contributed by atoms with E-state index in [2.05, 4.69) is 20.3 Å². The number of carbonyl (C=O) groups excluding carboxylic acids is 2. The lowest BCUT2D eigenvalue weighted by atomic mass is 10.1. The molecule has 0 bridgehead atoms. The molecule has 2 aromatic heterocycles. The van der Waals surface area contributed by atoms with Crippen LogP contribution in [0.2, 0.25) is 0 Å². The molecule has 1 fully saturated rings. The van der Waals surface area contributed by atoms with E-state index in [1.807, 2.05) is 57.7 Å². The number of anilines is 1. The van der Waals surface area contributed by atoms with Crippen LogP contribution in [-0.4, -0.2) is 82.9 Å². The molecule has 0 aliphatic carbocycles. The maximum Gasteiger partial charge on any atom is 0.415 e. The van der Waals surface area contributed by atoms with Gasteiger partial charge in [-0.05, 0) is 61.6 Å². The lowest BCUT2D eigenvalue weighted by molar-refractivity contribution is 0.0937. The number of benzene rings is 2. The Morgan fingerprint density at radius 3 is 2.55 bits per heavy atom. The predicted molar refractivity (Wildman–Crippen MR) is 152 cm³/mol. The highest BCUT2D eigenvalue weighted by Gasteiger charge is 2.29. The van der Waals surface area contributed by atoms with Gasteiger partial charge in [-0.15, -0.1) is 0 Å². The van der Waals surface area contributed by atoms with Gasteiger partial charge in [-0.25, -0.2) is 9.78 Å². The zero-order valence-electron chi connectivity index (χ0n) is 22.8. The number of amides is 2. The predicted octanol–water partition coefficient (Wildman–Crippen LogP) is 3.16. The number of likely N-dealkylation sites (N-methyl/N-ethyl adjacent to an activating group) is 1. The lowest BCUT2D eigenvalue weighted by Gasteiger charge is -2.17. The highest BCUT2D eigenvalue weighted by Crippen LogP contribution is 2.26. The number of hydrogen-bond acceptors (Lipinski definition) is 8. The summed E-state index contributed by atoms with van der Waals surface area (Å²) in [5, 5.41) is 9.07. The van der Waals surface area contributed by atoms with E-state index in [9.17, 15) is 9.59 Å². The molecule has 11 nitrogen and oxygen atoms in total. The molecule has 2 amide bonds. The number of nitrogens with two attached hydrogens (primary N) is 1. The minimum atomic E-state index is -0.459. The maximum atomic E-state index is 13.0. The first kappa shape index (κ1) is 26.9. The highest BCUT2D eigenvalue weighted by molar-refractivity contribution is 5.99. The van der Waals surface area contributed by atoms with Gasteiger partial charge in [0.25, 0.3) is 5.91 Å². The molecule has 3 N–H and O–H groups in total. The van der Waals surface area contributed by atoms with Gasteiger partial charge in [0, 0.05) is 56.2 Å². The fourth-order valence-corrected chi connectivity index (χ4v) is 4.56. The van der Waals surface area contributed by atoms with Crippen molar-refractivity contribution >= 4 is 28.6 Å². The number of likely N-dealkylation sites (tertiary alicyclic amines) is 1. The van der Waals surface area contributed by atoms with Crippen molar-refractivity contribution in [3.63, 3.8) is 0 Å². The van der Waals surface area contributed by atoms with Crippen molar-refractivity contribution in [3.8, 4) is 22.6 Å². The molecule has 4 aromatic rings. The van der Waals surface area contributed by atoms with Crippen LogP contribution in [-0.2, 0) is 7.05 Å². The number of pyridine rings is 1. The third kappa shape index (κ3) is 6.32. The number of ether oxygens (including phenoxy) is 2. The Hall–Kier alpha value is -4.64. The van der Waals surface area contributed by atoms with E-state index in [1.165, 1.54) is 0 Å². The Bertz CT molecular complexity index is 1530. The van der Waals surface area contributed by atoms with E-state index in [0.717, 1.165) is 34.2 Å². The molecule has 2 aromatic carbocycles. The molecule has 1 atom stereocenters. The van der Waals surface area contributed by atoms with Crippen molar-refractivity contribution in [2.24, 2.45) is 7.05 Å². The molecule has 0 radical (unpaired) electrons. The largest absolute Gasteiger partial charge is 0.492 e. The fraction of sp³-hybridized carbons (Fsp3) is 0.310. The number of fused-ring (bicyclic) bond motifs is 1. The summed E-state index contributed by atoms with van der Waals surface area (Å²) in [7, 11) is 5.82. The number of nitrogens with zero attached hydrogens (tertiary/aromatic N) is 5. The van der Waals surface area contributed by atoms with Crippen LogP contribution in [0.3, 0.4) is 0 Å². The standard InChI is InChI=1S/C29H33N7O4/c1-34(2)10-11-39-24-6-4-20-13-25(7-5-19(20)12-24)40-29(38)36-9-8-23(18-36)33-28(37)26-14-21(15-31-27(26)30)22-16-32-35(3)17-22/h4-7,12-17,23H,8-11,18H2,1-3H3,(H2,30,31)(H,33,37)/t23-/m1/s1. The second-order valence-electron chi connectivity index (χ2n) is 10.2. The summed E-state index contributed by atoms with van der Waals surface area (Å²) >= 11 is 0. The molecule has 11 heteroatoms. The summed E-state index contributed by atoms with van der Waals surface area (Å²) in [5.41, 5.74) is 7.86. The molecule has 5 rings (SSSR count). The maximum absolute atomic E-state index is 13.0. The molecule has 0 spiro atoms. The van der Waals surface area contributed by atoms with Crippen molar-refractivity contribution in [1.29, 1.82) is 0 Å². The van der Waals surface area contributed by atoms with E-state index in [-0.39, 0.29) is 23.3 Å². The average Bonchev–Trinajstić information content (AvgIpc) is 3.58. The summed E-state index contributed by atoms with van der Waals surface area (Å²) in [6.07, 6.45) is 5.29. The molecule has 0 unspecified atom stereocenters.